The van der Waals surface area contributed by atoms with Crippen molar-refractivity contribution in [3.63, 3.8) is 0 Å². The fourth-order valence-electron chi connectivity index (χ4n) is 6.74. The van der Waals surface area contributed by atoms with Crippen molar-refractivity contribution in [3.05, 3.63) is 120 Å². The summed E-state index contributed by atoms with van der Waals surface area (Å²) in [5.41, 5.74) is 2.45. The Hall–Kier alpha value is -4.46. The molecule has 2 aliphatic heterocycles. The summed E-state index contributed by atoms with van der Waals surface area (Å²) < 4.78 is 10.8. The van der Waals surface area contributed by atoms with Crippen molar-refractivity contribution in [1.82, 2.24) is 9.80 Å². The highest BCUT2D eigenvalue weighted by molar-refractivity contribution is 6.14. The van der Waals surface area contributed by atoms with Crippen LogP contribution >= 0.6 is 0 Å². The molecule has 6 heteroatoms. The van der Waals surface area contributed by atoms with Gasteiger partial charge in [-0.15, -0.1) is 0 Å². The van der Waals surface area contributed by atoms with E-state index in [1.165, 1.54) is 54.2 Å². The van der Waals surface area contributed by atoms with Crippen LogP contribution in [0.3, 0.4) is 0 Å². The van der Waals surface area contributed by atoms with Crippen LogP contribution in [-0.4, -0.2) is 101 Å². The fourth-order valence-corrected chi connectivity index (χ4v) is 6.74. The number of ether oxygens (including phenoxy) is 2. The smallest absolute Gasteiger partial charge is 0.0594 e. The minimum absolute atomic E-state index is 0.831. The third kappa shape index (κ3) is 7.80. The summed E-state index contributed by atoms with van der Waals surface area (Å²) in [6, 6.07) is 38.7. The van der Waals surface area contributed by atoms with Crippen molar-refractivity contribution in [3.8, 4) is 0 Å². The lowest BCUT2D eigenvalue weighted by atomic mass is 9.97. The maximum Gasteiger partial charge on any atom is 0.0594 e. The van der Waals surface area contributed by atoms with Crippen LogP contribution in [0.1, 0.15) is 11.1 Å². The quantitative estimate of drug-likeness (QED) is 0.128. The molecule has 0 amide bonds. The van der Waals surface area contributed by atoms with E-state index in [1.807, 2.05) is 0 Å². The predicted octanol–water partition coefficient (Wildman–Crippen LogP) is 7.49. The van der Waals surface area contributed by atoms with Gasteiger partial charge in [0.1, 0.15) is 0 Å². The molecule has 8 rings (SSSR count). The van der Waals surface area contributed by atoms with Crippen molar-refractivity contribution in [2.45, 2.75) is 0 Å². The highest BCUT2D eigenvalue weighted by Gasteiger charge is 2.11. The van der Waals surface area contributed by atoms with Crippen LogP contribution in [0.25, 0.3) is 43.1 Å². The maximum absolute atomic E-state index is 5.39. The highest BCUT2D eigenvalue weighted by atomic mass is 16.5. The van der Waals surface area contributed by atoms with E-state index in [-0.39, 0.29) is 0 Å². The van der Waals surface area contributed by atoms with Gasteiger partial charge in [-0.1, -0.05) is 97.1 Å². The van der Waals surface area contributed by atoms with Crippen LogP contribution in [0.4, 0.5) is 0 Å². The molecule has 48 heavy (non-hydrogen) atoms. The Kier molecular flexibility index (Phi) is 10.8. The maximum atomic E-state index is 5.39. The van der Waals surface area contributed by atoms with Crippen LogP contribution in [0.2, 0.25) is 0 Å². The van der Waals surface area contributed by atoms with Crippen molar-refractivity contribution < 1.29 is 9.47 Å². The molecular formula is C42H44N4O2. The van der Waals surface area contributed by atoms with Gasteiger partial charge in [-0.3, -0.25) is 19.8 Å². The summed E-state index contributed by atoms with van der Waals surface area (Å²) >= 11 is 0. The summed E-state index contributed by atoms with van der Waals surface area (Å²) in [6.07, 6.45) is 4.12. The number of benzene rings is 6. The van der Waals surface area contributed by atoms with Crippen LogP contribution < -0.4 is 0 Å². The molecule has 2 heterocycles. The second-order valence-corrected chi connectivity index (χ2v) is 12.4. The van der Waals surface area contributed by atoms with Crippen molar-refractivity contribution in [1.29, 1.82) is 0 Å². The van der Waals surface area contributed by atoms with E-state index in [0.717, 1.165) is 78.8 Å². The van der Waals surface area contributed by atoms with Gasteiger partial charge in [-0.05, 0) is 55.2 Å². The number of nitrogens with zero attached hydrogens (tertiary/aromatic N) is 4. The van der Waals surface area contributed by atoms with Gasteiger partial charge in [-0.2, -0.15) is 0 Å². The monoisotopic (exact) mass is 636 g/mol. The number of hydrogen-bond donors (Lipinski definition) is 0. The Labute approximate surface area is 283 Å². The molecule has 6 aromatic carbocycles. The molecule has 0 unspecified atom stereocenters. The van der Waals surface area contributed by atoms with Gasteiger partial charge in [0.05, 0.1) is 39.5 Å². The van der Waals surface area contributed by atoms with E-state index >= 15 is 0 Å². The second-order valence-electron chi connectivity index (χ2n) is 12.4. The number of aliphatic imine (C=N–C) groups is 2. The SMILES string of the molecule is C(=NCCN1CCOCC1)c1c2ccccc2cc2ccccc12.C(=NCCN1CCOCC1)c1c2ccccc2cc2ccccc12. The van der Waals surface area contributed by atoms with E-state index in [0.29, 0.717) is 0 Å². The van der Waals surface area contributed by atoms with Gasteiger partial charge in [0, 0.05) is 62.8 Å². The molecule has 6 nitrogen and oxygen atoms in total. The molecule has 0 aromatic heterocycles. The zero-order valence-electron chi connectivity index (χ0n) is 27.6. The zero-order valence-corrected chi connectivity index (χ0v) is 27.6. The zero-order chi connectivity index (χ0) is 32.4. The first-order chi connectivity index (χ1) is 23.8. The topological polar surface area (TPSA) is 49.7 Å². The number of morpholine rings is 2. The average Bonchev–Trinajstić information content (AvgIpc) is 3.15. The van der Waals surface area contributed by atoms with E-state index < -0.39 is 0 Å². The second kappa shape index (κ2) is 16.1. The van der Waals surface area contributed by atoms with E-state index in [1.54, 1.807) is 0 Å². The molecule has 0 bridgehead atoms. The van der Waals surface area contributed by atoms with Gasteiger partial charge >= 0.3 is 0 Å². The lowest BCUT2D eigenvalue weighted by Crippen LogP contribution is -2.37. The lowest BCUT2D eigenvalue weighted by molar-refractivity contribution is 0.0394. The fraction of sp³-hybridized carbons (Fsp3) is 0.286. The summed E-state index contributed by atoms with van der Waals surface area (Å²) in [4.78, 5) is 14.3. The molecule has 2 fully saturated rings. The molecule has 0 radical (unpaired) electrons. The standard InChI is InChI=1S/2C21H22N2O/c2*1-3-7-19-17(5-1)15-18-6-2-4-8-20(18)21(19)16-22-9-10-23-11-13-24-14-12-23/h2*1-8,15-16H,9-14H2. The summed E-state index contributed by atoms with van der Waals surface area (Å²) in [6.45, 7) is 11.1. The number of rotatable bonds is 8. The first-order valence-electron chi connectivity index (χ1n) is 17.2. The Morgan fingerprint density at radius 1 is 0.458 bits per heavy atom. The summed E-state index contributed by atoms with van der Waals surface area (Å²) in [5.74, 6) is 0. The Bertz CT molecular complexity index is 1770. The molecule has 0 N–H and O–H groups in total. The van der Waals surface area contributed by atoms with E-state index in [4.69, 9.17) is 19.5 Å². The molecule has 0 atom stereocenters. The lowest BCUT2D eigenvalue weighted by Gasteiger charge is -2.25. The van der Waals surface area contributed by atoms with Crippen LogP contribution in [-0.2, 0) is 9.47 Å². The highest BCUT2D eigenvalue weighted by Crippen LogP contribution is 2.28. The molecule has 2 aliphatic rings. The van der Waals surface area contributed by atoms with E-state index in [9.17, 15) is 0 Å². The largest absolute Gasteiger partial charge is 0.379 e. The van der Waals surface area contributed by atoms with Crippen LogP contribution in [0.5, 0.6) is 0 Å². The summed E-state index contributed by atoms with van der Waals surface area (Å²) in [5, 5.41) is 10.2. The van der Waals surface area contributed by atoms with Crippen LogP contribution in [0.15, 0.2) is 119 Å². The summed E-state index contributed by atoms with van der Waals surface area (Å²) in [7, 11) is 0. The Morgan fingerprint density at radius 2 is 0.771 bits per heavy atom. The Balaban J connectivity index is 0.000000152. The Morgan fingerprint density at radius 3 is 1.10 bits per heavy atom. The van der Waals surface area contributed by atoms with E-state index in [2.05, 4.69) is 131 Å². The van der Waals surface area contributed by atoms with Crippen molar-refractivity contribution in [2.24, 2.45) is 9.98 Å². The number of fused-ring (bicyclic) bond motifs is 4. The molecule has 0 saturated carbocycles. The molecule has 0 spiro atoms. The predicted molar refractivity (Wildman–Crippen MR) is 202 cm³/mol. The molecule has 0 aliphatic carbocycles. The molecule has 6 aromatic rings. The van der Waals surface area contributed by atoms with Gasteiger partial charge in [-0.25, -0.2) is 0 Å². The average molecular weight is 637 g/mol. The van der Waals surface area contributed by atoms with Crippen molar-refractivity contribution >= 4 is 55.5 Å². The first-order valence-corrected chi connectivity index (χ1v) is 17.2. The molecular weight excluding hydrogens is 592 g/mol. The first kappa shape index (κ1) is 32.1. The van der Waals surface area contributed by atoms with Gasteiger partial charge in [0.15, 0.2) is 0 Å². The third-order valence-corrected chi connectivity index (χ3v) is 9.36. The van der Waals surface area contributed by atoms with Gasteiger partial charge < -0.3 is 9.47 Å². The minimum Gasteiger partial charge on any atom is -0.379 e. The molecule has 244 valence electrons. The van der Waals surface area contributed by atoms with Gasteiger partial charge in [0.25, 0.3) is 0 Å². The molecule has 2 saturated heterocycles. The van der Waals surface area contributed by atoms with Crippen LogP contribution in [0, 0.1) is 0 Å². The minimum atomic E-state index is 0.831. The third-order valence-electron chi connectivity index (χ3n) is 9.36. The number of hydrogen-bond acceptors (Lipinski definition) is 6. The van der Waals surface area contributed by atoms with Gasteiger partial charge in [0.2, 0.25) is 0 Å². The normalized spacial score (nSPS) is 16.3. The van der Waals surface area contributed by atoms with Crippen molar-refractivity contribution in [2.75, 3.05) is 78.8 Å².